The molecule has 1 saturated heterocycles. The molecular weight excluding hydrogens is 279 g/mol. The van der Waals surface area contributed by atoms with Crippen molar-refractivity contribution in [1.29, 1.82) is 5.41 Å². The number of rotatable bonds is 3. The van der Waals surface area contributed by atoms with E-state index in [1.807, 2.05) is 36.4 Å². The third-order valence-corrected chi connectivity index (χ3v) is 4.01. The predicted octanol–water partition coefficient (Wildman–Crippen LogP) is 2.44. The van der Waals surface area contributed by atoms with Crippen molar-refractivity contribution in [2.24, 2.45) is 5.73 Å². The summed E-state index contributed by atoms with van der Waals surface area (Å²) in [5, 5.41) is 7.42. The molecule has 3 N–H and O–H groups in total. The van der Waals surface area contributed by atoms with Gasteiger partial charge >= 0.3 is 0 Å². The first-order chi connectivity index (χ1) is 10.6. The molecule has 0 spiro atoms. The Morgan fingerprint density at radius 3 is 1.64 bits per heavy atom. The second-order valence-electron chi connectivity index (χ2n) is 5.41. The standard InChI is InChI=1S/C17H19FN4/c18-14-3-7-16(8-4-14)22-11-9-21(10-12-22)15-5-1-13(2-6-15)17(19)20/h1-8H,9-12H2,(H3,19,20). The molecule has 1 aliphatic rings. The maximum atomic E-state index is 13.0. The van der Waals surface area contributed by atoms with Gasteiger partial charge in [-0.25, -0.2) is 4.39 Å². The van der Waals surface area contributed by atoms with E-state index in [4.69, 9.17) is 11.1 Å². The summed E-state index contributed by atoms with van der Waals surface area (Å²) in [7, 11) is 0. The summed E-state index contributed by atoms with van der Waals surface area (Å²) in [4.78, 5) is 4.57. The molecule has 0 amide bonds. The summed E-state index contributed by atoms with van der Waals surface area (Å²) in [6.07, 6.45) is 0. The second kappa shape index (κ2) is 6.05. The number of benzene rings is 2. The van der Waals surface area contributed by atoms with Crippen LogP contribution in [0.25, 0.3) is 0 Å². The van der Waals surface area contributed by atoms with Crippen LogP contribution < -0.4 is 15.5 Å². The molecule has 0 aromatic heterocycles. The Balaban J connectivity index is 1.63. The Hall–Kier alpha value is -2.56. The molecule has 1 aliphatic heterocycles. The monoisotopic (exact) mass is 298 g/mol. The predicted molar refractivity (Wildman–Crippen MR) is 88.3 cm³/mol. The largest absolute Gasteiger partial charge is 0.384 e. The molecule has 2 aromatic carbocycles. The smallest absolute Gasteiger partial charge is 0.123 e. The van der Waals surface area contributed by atoms with Crippen molar-refractivity contribution in [2.45, 2.75) is 0 Å². The zero-order valence-electron chi connectivity index (χ0n) is 12.3. The fourth-order valence-corrected chi connectivity index (χ4v) is 2.73. The first kappa shape index (κ1) is 14.4. The van der Waals surface area contributed by atoms with Crippen molar-refractivity contribution < 1.29 is 4.39 Å². The fraction of sp³-hybridized carbons (Fsp3) is 0.235. The van der Waals surface area contributed by atoms with E-state index in [0.29, 0.717) is 0 Å². The number of nitrogen functional groups attached to an aromatic ring is 1. The molecule has 5 heteroatoms. The number of anilines is 2. The van der Waals surface area contributed by atoms with Gasteiger partial charge in [-0.3, -0.25) is 5.41 Å². The van der Waals surface area contributed by atoms with Crippen molar-refractivity contribution in [3.63, 3.8) is 0 Å². The van der Waals surface area contributed by atoms with Gasteiger partial charge in [-0.1, -0.05) is 0 Å². The maximum absolute atomic E-state index is 13.0. The Labute approximate surface area is 129 Å². The van der Waals surface area contributed by atoms with Gasteiger partial charge in [0.2, 0.25) is 0 Å². The highest BCUT2D eigenvalue weighted by Gasteiger charge is 2.17. The third kappa shape index (κ3) is 3.03. The van der Waals surface area contributed by atoms with Crippen LogP contribution in [0.3, 0.4) is 0 Å². The lowest BCUT2D eigenvalue weighted by Crippen LogP contribution is -2.46. The van der Waals surface area contributed by atoms with Gasteiger partial charge in [0.1, 0.15) is 11.7 Å². The van der Waals surface area contributed by atoms with E-state index in [2.05, 4.69) is 9.80 Å². The van der Waals surface area contributed by atoms with Crippen LogP contribution in [-0.2, 0) is 0 Å². The summed E-state index contributed by atoms with van der Waals surface area (Å²) < 4.78 is 13.0. The Bertz CT molecular complexity index is 643. The van der Waals surface area contributed by atoms with Crippen LogP contribution in [0.1, 0.15) is 5.56 Å². The molecule has 0 saturated carbocycles. The summed E-state index contributed by atoms with van der Waals surface area (Å²) in [5.74, 6) is -0.111. The lowest BCUT2D eigenvalue weighted by Gasteiger charge is -2.37. The van der Waals surface area contributed by atoms with Gasteiger partial charge in [-0.2, -0.15) is 0 Å². The summed E-state index contributed by atoms with van der Waals surface area (Å²) in [6, 6.07) is 14.4. The van der Waals surface area contributed by atoms with Crippen LogP contribution in [-0.4, -0.2) is 32.0 Å². The molecular formula is C17H19FN4. The Morgan fingerprint density at radius 1 is 0.818 bits per heavy atom. The molecule has 4 nitrogen and oxygen atoms in total. The average molecular weight is 298 g/mol. The molecule has 1 fully saturated rings. The van der Waals surface area contributed by atoms with Crippen molar-refractivity contribution in [3.05, 3.63) is 59.9 Å². The van der Waals surface area contributed by atoms with Gasteiger partial charge in [-0.15, -0.1) is 0 Å². The number of nitrogens with zero attached hydrogens (tertiary/aromatic N) is 2. The number of halogens is 1. The number of amidine groups is 1. The van der Waals surface area contributed by atoms with Crippen LogP contribution in [0.5, 0.6) is 0 Å². The minimum Gasteiger partial charge on any atom is -0.384 e. The maximum Gasteiger partial charge on any atom is 0.123 e. The lowest BCUT2D eigenvalue weighted by molar-refractivity contribution is 0.625. The van der Waals surface area contributed by atoms with E-state index >= 15 is 0 Å². The molecule has 3 rings (SSSR count). The first-order valence-corrected chi connectivity index (χ1v) is 7.33. The molecule has 0 radical (unpaired) electrons. The molecule has 0 atom stereocenters. The molecule has 0 bridgehead atoms. The molecule has 0 aliphatic carbocycles. The first-order valence-electron chi connectivity index (χ1n) is 7.33. The van der Waals surface area contributed by atoms with Crippen LogP contribution in [0.15, 0.2) is 48.5 Å². The highest BCUT2D eigenvalue weighted by Crippen LogP contribution is 2.21. The van der Waals surface area contributed by atoms with Crippen LogP contribution >= 0.6 is 0 Å². The highest BCUT2D eigenvalue weighted by molar-refractivity contribution is 5.95. The van der Waals surface area contributed by atoms with Gasteiger partial charge < -0.3 is 15.5 Å². The average Bonchev–Trinajstić information content (AvgIpc) is 2.56. The molecule has 2 aromatic rings. The number of nitrogens with one attached hydrogen (secondary N) is 1. The molecule has 0 unspecified atom stereocenters. The SMILES string of the molecule is N=C(N)c1ccc(N2CCN(c3ccc(F)cc3)CC2)cc1. The van der Waals surface area contributed by atoms with Crippen molar-refractivity contribution in [1.82, 2.24) is 0 Å². The van der Waals surface area contributed by atoms with Crippen LogP contribution in [0, 0.1) is 11.2 Å². The minimum absolute atomic E-state index is 0.0904. The van der Waals surface area contributed by atoms with Crippen molar-refractivity contribution in [3.8, 4) is 0 Å². The number of hydrogen-bond donors (Lipinski definition) is 2. The van der Waals surface area contributed by atoms with Crippen molar-refractivity contribution in [2.75, 3.05) is 36.0 Å². The molecule has 1 heterocycles. The topological polar surface area (TPSA) is 56.4 Å². The normalized spacial score (nSPS) is 15.0. The quantitative estimate of drug-likeness (QED) is 0.676. The second-order valence-corrected chi connectivity index (χ2v) is 5.41. The third-order valence-electron chi connectivity index (χ3n) is 4.01. The van der Waals surface area contributed by atoms with E-state index in [0.717, 1.165) is 43.1 Å². The van der Waals surface area contributed by atoms with E-state index in [1.54, 1.807) is 0 Å². The van der Waals surface area contributed by atoms with Gasteiger partial charge in [0, 0.05) is 43.1 Å². The van der Waals surface area contributed by atoms with E-state index in [-0.39, 0.29) is 11.7 Å². The van der Waals surface area contributed by atoms with Gasteiger partial charge in [0.05, 0.1) is 0 Å². The summed E-state index contributed by atoms with van der Waals surface area (Å²) in [5.41, 5.74) is 8.42. The highest BCUT2D eigenvalue weighted by atomic mass is 19.1. The van der Waals surface area contributed by atoms with Gasteiger partial charge in [0.25, 0.3) is 0 Å². The minimum atomic E-state index is -0.201. The van der Waals surface area contributed by atoms with E-state index in [1.165, 1.54) is 12.1 Å². The van der Waals surface area contributed by atoms with Crippen LogP contribution in [0.4, 0.5) is 15.8 Å². The zero-order chi connectivity index (χ0) is 15.5. The fourth-order valence-electron chi connectivity index (χ4n) is 2.73. The lowest BCUT2D eigenvalue weighted by atomic mass is 10.1. The number of hydrogen-bond acceptors (Lipinski definition) is 3. The number of piperazine rings is 1. The molecule has 114 valence electrons. The van der Waals surface area contributed by atoms with Gasteiger partial charge in [0.15, 0.2) is 0 Å². The van der Waals surface area contributed by atoms with E-state index < -0.39 is 0 Å². The summed E-state index contributed by atoms with van der Waals surface area (Å²) >= 11 is 0. The van der Waals surface area contributed by atoms with Crippen molar-refractivity contribution >= 4 is 17.2 Å². The summed E-state index contributed by atoms with van der Waals surface area (Å²) in [6.45, 7) is 3.63. The Morgan fingerprint density at radius 2 is 1.23 bits per heavy atom. The van der Waals surface area contributed by atoms with E-state index in [9.17, 15) is 4.39 Å². The molecule has 22 heavy (non-hydrogen) atoms. The van der Waals surface area contributed by atoms with Gasteiger partial charge in [-0.05, 0) is 48.5 Å². The zero-order valence-corrected chi connectivity index (χ0v) is 12.3. The number of nitrogens with two attached hydrogens (primary N) is 1. The van der Waals surface area contributed by atoms with Crippen LogP contribution in [0.2, 0.25) is 0 Å². The Kier molecular flexibility index (Phi) is 3.96.